The first-order valence-corrected chi connectivity index (χ1v) is 14.6. The van der Waals surface area contributed by atoms with Crippen LogP contribution in [0.2, 0.25) is 5.02 Å². The summed E-state index contributed by atoms with van der Waals surface area (Å²) in [6.07, 6.45) is 4.13. The van der Waals surface area contributed by atoms with Gasteiger partial charge in [0.25, 0.3) is 0 Å². The first-order valence-electron chi connectivity index (χ1n) is 14.2. The van der Waals surface area contributed by atoms with E-state index in [1.54, 1.807) is 55.8 Å². The van der Waals surface area contributed by atoms with Crippen LogP contribution in [0.3, 0.4) is 0 Å². The summed E-state index contributed by atoms with van der Waals surface area (Å²) in [4.78, 5) is 24.3. The highest BCUT2D eigenvalue weighted by Gasteiger charge is 2.22. The molecule has 0 atom stereocenters. The van der Waals surface area contributed by atoms with Gasteiger partial charge in [-0.15, -0.1) is 0 Å². The van der Waals surface area contributed by atoms with Gasteiger partial charge in [0.15, 0.2) is 0 Å². The lowest BCUT2D eigenvalue weighted by molar-refractivity contribution is -0.132. The molecule has 1 aliphatic rings. The number of aromatic carboxylic acids is 1. The topological polar surface area (TPSA) is 120 Å². The van der Waals surface area contributed by atoms with Gasteiger partial charge in [-0.3, -0.25) is 4.68 Å². The average Bonchev–Trinajstić information content (AvgIpc) is 3.61. The fraction of sp³-hybridized carbons (Fsp3) is 0.265. The number of halogens is 1. The number of aromatic nitrogens is 2. The second kappa shape index (κ2) is 13.3. The molecule has 0 saturated heterocycles. The lowest BCUT2D eigenvalue weighted by Crippen LogP contribution is -2.10. The number of aliphatic carboxylic acids is 1. The Morgan fingerprint density at radius 1 is 1.09 bits per heavy atom. The van der Waals surface area contributed by atoms with Gasteiger partial charge in [0, 0.05) is 57.8 Å². The zero-order valence-corrected chi connectivity index (χ0v) is 25.4. The van der Waals surface area contributed by atoms with Crippen LogP contribution in [0.1, 0.15) is 46.5 Å². The SMILES string of the molecule is COc1cc2c(cc1CC(=Cc1cnn(CC(C)C)c1-c1ccc(Cl)cc1OCc1ccccc1C(=O)O)C(=O)O)OCC2. The monoisotopic (exact) mass is 616 g/mol. The first-order chi connectivity index (χ1) is 21.1. The van der Waals surface area contributed by atoms with E-state index in [-0.39, 0.29) is 30.1 Å². The number of ether oxygens (including phenoxy) is 3. The third kappa shape index (κ3) is 6.73. The van der Waals surface area contributed by atoms with Crippen molar-refractivity contribution in [2.45, 2.75) is 39.8 Å². The molecule has 0 bridgehead atoms. The Bertz CT molecular complexity index is 1740. The van der Waals surface area contributed by atoms with E-state index in [0.29, 0.717) is 57.6 Å². The van der Waals surface area contributed by atoms with E-state index in [4.69, 9.17) is 25.8 Å². The van der Waals surface area contributed by atoms with E-state index in [0.717, 1.165) is 17.7 Å². The predicted octanol–water partition coefficient (Wildman–Crippen LogP) is 6.79. The summed E-state index contributed by atoms with van der Waals surface area (Å²) in [6.45, 7) is 5.25. The maximum atomic E-state index is 12.6. The van der Waals surface area contributed by atoms with Crippen molar-refractivity contribution in [3.63, 3.8) is 0 Å². The van der Waals surface area contributed by atoms with Crippen LogP contribution in [0.5, 0.6) is 17.2 Å². The average molecular weight is 617 g/mol. The van der Waals surface area contributed by atoms with Crippen LogP contribution < -0.4 is 14.2 Å². The molecule has 44 heavy (non-hydrogen) atoms. The molecule has 2 heterocycles. The van der Waals surface area contributed by atoms with Crippen LogP contribution in [-0.2, 0) is 30.8 Å². The van der Waals surface area contributed by atoms with Crippen molar-refractivity contribution in [1.29, 1.82) is 0 Å². The van der Waals surface area contributed by atoms with Gasteiger partial charge in [0.1, 0.15) is 23.9 Å². The molecule has 9 nitrogen and oxygen atoms in total. The first kappa shape index (κ1) is 30.7. The van der Waals surface area contributed by atoms with Crippen LogP contribution in [-0.4, -0.2) is 45.6 Å². The Labute approximate surface area is 260 Å². The Hall–Kier alpha value is -4.76. The van der Waals surface area contributed by atoms with Gasteiger partial charge >= 0.3 is 11.9 Å². The number of rotatable bonds is 12. The molecule has 228 valence electrons. The van der Waals surface area contributed by atoms with Gasteiger partial charge in [0.2, 0.25) is 0 Å². The van der Waals surface area contributed by atoms with E-state index >= 15 is 0 Å². The van der Waals surface area contributed by atoms with Crippen molar-refractivity contribution in [2.75, 3.05) is 13.7 Å². The Morgan fingerprint density at radius 2 is 1.89 bits per heavy atom. The Kier molecular flexibility index (Phi) is 9.25. The van der Waals surface area contributed by atoms with E-state index in [2.05, 4.69) is 18.9 Å². The molecule has 2 N–H and O–H groups in total. The molecule has 0 spiro atoms. The third-order valence-electron chi connectivity index (χ3n) is 7.31. The normalized spacial score (nSPS) is 12.6. The molecular weight excluding hydrogens is 584 g/mol. The minimum Gasteiger partial charge on any atom is -0.496 e. The van der Waals surface area contributed by atoms with Crippen molar-refractivity contribution >= 4 is 29.6 Å². The molecule has 0 aliphatic carbocycles. The Morgan fingerprint density at radius 3 is 2.61 bits per heavy atom. The number of fused-ring (bicyclic) bond motifs is 1. The number of carboxylic acids is 2. The van der Waals surface area contributed by atoms with Crippen LogP contribution in [0, 0.1) is 5.92 Å². The summed E-state index contributed by atoms with van der Waals surface area (Å²) in [5.41, 5.74) is 4.39. The molecule has 0 saturated carbocycles. The maximum absolute atomic E-state index is 12.6. The molecular formula is C34H33ClN2O7. The van der Waals surface area contributed by atoms with Gasteiger partial charge in [-0.1, -0.05) is 43.6 Å². The quantitative estimate of drug-likeness (QED) is 0.167. The standard InChI is InChI=1S/C34H33ClN2O7/c1-20(2)18-37-32(28-9-8-26(35)16-31(28)44-19-22-6-4-5-7-27(22)34(40)41)25(17-36-37)13-24(33(38)39)12-23-15-30-21(10-11-43-30)14-29(23)42-3/h4-9,13-17,20H,10-12,18-19H2,1-3H3,(H,38,39)(H,40,41). The molecule has 1 aliphatic heterocycles. The smallest absolute Gasteiger partial charge is 0.336 e. The highest BCUT2D eigenvalue weighted by atomic mass is 35.5. The van der Waals surface area contributed by atoms with Crippen LogP contribution in [0.25, 0.3) is 17.3 Å². The van der Waals surface area contributed by atoms with Gasteiger partial charge in [-0.2, -0.15) is 5.10 Å². The highest BCUT2D eigenvalue weighted by Crippen LogP contribution is 2.38. The van der Waals surface area contributed by atoms with Crippen LogP contribution in [0.4, 0.5) is 0 Å². The molecule has 10 heteroatoms. The van der Waals surface area contributed by atoms with E-state index in [1.165, 1.54) is 6.07 Å². The lowest BCUT2D eigenvalue weighted by Gasteiger charge is -2.17. The van der Waals surface area contributed by atoms with Crippen molar-refractivity contribution < 1.29 is 34.0 Å². The summed E-state index contributed by atoms with van der Waals surface area (Å²) in [7, 11) is 1.57. The van der Waals surface area contributed by atoms with Gasteiger partial charge in [-0.25, -0.2) is 9.59 Å². The zero-order valence-electron chi connectivity index (χ0n) is 24.7. The predicted molar refractivity (Wildman–Crippen MR) is 167 cm³/mol. The maximum Gasteiger partial charge on any atom is 0.336 e. The van der Waals surface area contributed by atoms with Crippen molar-refractivity contribution in [1.82, 2.24) is 9.78 Å². The minimum absolute atomic E-state index is 0.0140. The number of nitrogens with zero attached hydrogens (tertiary/aromatic N) is 2. The summed E-state index contributed by atoms with van der Waals surface area (Å²) >= 11 is 6.38. The molecule has 0 radical (unpaired) electrons. The molecule has 5 rings (SSSR count). The highest BCUT2D eigenvalue weighted by molar-refractivity contribution is 6.30. The third-order valence-corrected chi connectivity index (χ3v) is 7.55. The number of carboxylic acid groups (broad SMARTS) is 2. The Balaban J connectivity index is 1.57. The number of hydrogen-bond donors (Lipinski definition) is 2. The van der Waals surface area contributed by atoms with Crippen LogP contribution >= 0.6 is 11.6 Å². The molecule has 1 aromatic heterocycles. The fourth-order valence-corrected chi connectivity index (χ4v) is 5.42. The van der Waals surface area contributed by atoms with E-state index in [9.17, 15) is 19.8 Å². The lowest BCUT2D eigenvalue weighted by atomic mass is 9.98. The molecule has 0 fully saturated rings. The summed E-state index contributed by atoms with van der Waals surface area (Å²) < 4.78 is 19.3. The summed E-state index contributed by atoms with van der Waals surface area (Å²) in [5, 5.41) is 25.0. The van der Waals surface area contributed by atoms with E-state index < -0.39 is 11.9 Å². The largest absolute Gasteiger partial charge is 0.496 e. The summed E-state index contributed by atoms with van der Waals surface area (Å²) in [5.74, 6) is -0.137. The molecule has 0 unspecified atom stereocenters. The second-order valence-corrected chi connectivity index (χ2v) is 11.4. The fourth-order valence-electron chi connectivity index (χ4n) is 5.26. The van der Waals surface area contributed by atoms with Crippen molar-refractivity contribution in [3.8, 4) is 28.5 Å². The molecule has 0 amide bonds. The zero-order chi connectivity index (χ0) is 31.4. The number of benzene rings is 3. The van der Waals surface area contributed by atoms with E-state index in [1.807, 2.05) is 16.8 Å². The molecule has 3 aromatic carbocycles. The number of hydrogen-bond acceptors (Lipinski definition) is 6. The van der Waals surface area contributed by atoms with Gasteiger partial charge in [-0.05, 0) is 48.4 Å². The number of carbonyl (C=O) groups is 2. The van der Waals surface area contributed by atoms with Crippen molar-refractivity contribution in [2.24, 2.45) is 5.92 Å². The summed E-state index contributed by atoms with van der Waals surface area (Å²) in [6, 6.07) is 15.6. The van der Waals surface area contributed by atoms with Crippen molar-refractivity contribution in [3.05, 3.63) is 99.2 Å². The van der Waals surface area contributed by atoms with Gasteiger partial charge in [0.05, 0.1) is 31.2 Å². The molecule has 4 aromatic rings. The minimum atomic E-state index is -1.08. The number of methoxy groups -OCH3 is 1. The van der Waals surface area contributed by atoms with Gasteiger partial charge < -0.3 is 24.4 Å². The second-order valence-electron chi connectivity index (χ2n) is 10.9. The van der Waals surface area contributed by atoms with Crippen LogP contribution in [0.15, 0.2) is 66.4 Å².